The summed E-state index contributed by atoms with van der Waals surface area (Å²) in [7, 11) is 0. The lowest BCUT2D eigenvalue weighted by molar-refractivity contribution is -0.148. The number of halogens is 3. The fourth-order valence-electron chi connectivity index (χ4n) is 2.10. The zero-order valence-corrected chi connectivity index (χ0v) is 8.30. The minimum atomic E-state index is -4.42. The summed E-state index contributed by atoms with van der Waals surface area (Å²) >= 11 is 0. The molecule has 1 unspecified atom stereocenters. The Morgan fingerprint density at radius 2 is 2.13 bits per heavy atom. The van der Waals surface area contributed by atoms with E-state index in [0.717, 1.165) is 12.8 Å². The average molecular weight is 219 g/mol. The molecule has 1 atom stereocenters. The molecule has 2 rings (SSSR count). The summed E-state index contributed by atoms with van der Waals surface area (Å²) in [6, 6.07) is -0.171. The minimum absolute atomic E-state index is 0.0221. The molecule has 0 saturated heterocycles. The van der Waals surface area contributed by atoms with Gasteiger partial charge in [-0.15, -0.1) is 0 Å². The van der Waals surface area contributed by atoms with Gasteiger partial charge in [0.15, 0.2) is 0 Å². The molecule has 3 nitrogen and oxygen atoms in total. The first-order valence-electron chi connectivity index (χ1n) is 4.85. The Hall–Kier alpha value is -1.20. The summed E-state index contributed by atoms with van der Waals surface area (Å²) in [6.45, 7) is 1.76. The van der Waals surface area contributed by atoms with Gasteiger partial charge in [0, 0.05) is 6.04 Å². The number of rotatable bonds is 0. The van der Waals surface area contributed by atoms with Gasteiger partial charge >= 0.3 is 6.18 Å². The van der Waals surface area contributed by atoms with Crippen LogP contribution in [0.2, 0.25) is 0 Å². The van der Waals surface area contributed by atoms with Crippen molar-refractivity contribution < 1.29 is 13.2 Å². The molecule has 1 aliphatic heterocycles. The van der Waals surface area contributed by atoms with E-state index in [2.05, 4.69) is 4.98 Å². The third kappa shape index (κ3) is 1.57. The number of nitrogen functional groups attached to an aromatic ring is 1. The van der Waals surface area contributed by atoms with Gasteiger partial charge in [-0.3, -0.25) is 0 Å². The van der Waals surface area contributed by atoms with E-state index >= 15 is 0 Å². The third-order valence-corrected chi connectivity index (χ3v) is 2.77. The van der Waals surface area contributed by atoms with Crippen molar-refractivity contribution in [3.63, 3.8) is 0 Å². The summed E-state index contributed by atoms with van der Waals surface area (Å²) in [5.41, 5.74) is 6.02. The molecular weight excluding hydrogens is 207 g/mol. The van der Waals surface area contributed by atoms with Crippen LogP contribution in [0.5, 0.6) is 0 Å². The number of nitrogens with zero attached hydrogens (tertiary/aromatic N) is 2. The Balaban J connectivity index is 2.58. The Morgan fingerprint density at radius 1 is 1.47 bits per heavy atom. The normalized spacial score (nSPS) is 21.5. The number of hydrogen-bond donors (Lipinski definition) is 1. The van der Waals surface area contributed by atoms with Crippen molar-refractivity contribution in [1.82, 2.24) is 9.55 Å². The van der Waals surface area contributed by atoms with Crippen LogP contribution in [0.25, 0.3) is 0 Å². The van der Waals surface area contributed by atoms with Gasteiger partial charge in [-0.25, -0.2) is 4.98 Å². The molecule has 0 bridgehead atoms. The number of hydrogen-bond acceptors (Lipinski definition) is 2. The summed E-state index contributed by atoms with van der Waals surface area (Å²) in [5.74, 6) is -0.837. The van der Waals surface area contributed by atoms with Gasteiger partial charge in [-0.2, -0.15) is 13.2 Å². The van der Waals surface area contributed by atoms with E-state index in [0.29, 0.717) is 12.1 Å². The molecule has 2 heterocycles. The highest BCUT2D eigenvalue weighted by Gasteiger charge is 2.40. The van der Waals surface area contributed by atoms with Gasteiger partial charge in [-0.1, -0.05) is 0 Å². The van der Waals surface area contributed by atoms with Crippen molar-refractivity contribution in [2.24, 2.45) is 0 Å². The molecule has 0 aliphatic carbocycles. The van der Waals surface area contributed by atoms with Crippen molar-refractivity contribution in [1.29, 1.82) is 0 Å². The number of anilines is 1. The monoisotopic (exact) mass is 219 g/mol. The van der Waals surface area contributed by atoms with E-state index in [1.165, 1.54) is 4.57 Å². The quantitative estimate of drug-likeness (QED) is 0.728. The fraction of sp³-hybridized carbons (Fsp3) is 0.667. The van der Waals surface area contributed by atoms with Crippen LogP contribution in [-0.2, 0) is 12.6 Å². The van der Waals surface area contributed by atoms with Crippen molar-refractivity contribution in [3.8, 4) is 0 Å². The van der Waals surface area contributed by atoms with Gasteiger partial charge < -0.3 is 10.3 Å². The highest BCUT2D eigenvalue weighted by Crippen LogP contribution is 2.37. The second kappa shape index (κ2) is 3.15. The number of alkyl halides is 3. The Bertz CT molecular complexity index is 381. The van der Waals surface area contributed by atoms with Crippen LogP contribution < -0.4 is 5.73 Å². The first kappa shape index (κ1) is 10.3. The second-order valence-electron chi connectivity index (χ2n) is 3.88. The number of fused-ring (bicyclic) bond motifs is 1. The zero-order chi connectivity index (χ0) is 11.2. The predicted octanol–water partition coefficient (Wildman–Crippen LogP) is 2.38. The van der Waals surface area contributed by atoms with E-state index in [9.17, 15) is 13.2 Å². The zero-order valence-electron chi connectivity index (χ0n) is 8.30. The highest BCUT2D eigenvalue weighted by molar-refractivity contribution is 5.39. The van der Waals surface area contributed by atoms with E-state index in [1.807, 2.05) is 0 Å². The SMILES string of the molecule is CC1CCCc2c(N)nc(C(F)(F)F)n21. The fourth-order valence-corrected chi connectivity index (χ4v) is 2.10. The maximum atomic E-state index is 12.6. The summed E-state index contributed by atoms with van der Waals surface area (Å²) in [5, 5.41) is 0. The van der Waals surface area contributed by atoms with E-state index in [4.69, 9.17) is 5.73 Å². The van der Waals surface area contributed by atoms with Crippen molar-refractivity contribution in [3.05, 3.63) is 11.5 Å². The highest BCUT2D eigenvalue weighted by atomic mass is 19.4. The first-order chi connectivity index (χ1) is 6.91. The molecule has 2 N–H and O–H groups in total. The van der Waals surface area contributed by atoms with Crippen LogP contribution in [0.4, 0.5) is 19.0 Å². The molecule has 1 aromatic heterocycles. The summed E-state index contributed by atoms with van der Waals surface area (Å²) in [4.78, 5) is 3.43. The van der Waals surface area contributed by atoms with Gasteiger partial charge in [0.25, 0.3) is 0 Å². The Morgan fingerprint density at radius 3 is 2.73 bits per heavy atom. The van der Waals surface area contributed by atoms with Gasteiger partial charge in [-0.05, 0) is 26.2 Å². The molecule has 0 radical (unpaired) electrons. The lowest BCUT2D eigenvalue weighted by Crippen LogP contribution is -2.22. The summed E-state index contributed by atoms with van der Waals surface area (Å²) in [6.07, 6.45) is -2.22. The number of nitrogens with two attached hydrogens (primary N) is 1. The summed E-state index contributed by atoms with van der Waals surface area (Å²) < 4.78 is 39.1. The molecule has 0 spiro atoms. The molecule has 1 aromatic rings. The van der Waals surface area contributed by atoms with Crippen LogP contribution in [0.15, 0.2) is 0 Å². The van der Waals surface area contributed by atoms with Crippen molar-refractivity contribution >= 4 is 5.82 Å². The van der Waals surface area contributed by atoms with Gasteiger partial charge in [0.2, 0.25) is 5.82 Å². The third-order valence-electron chi connectivity index (χ3n) is 2.77. The lowest BCUT2D eigenvalue weighted by atomic mass is 10.0. The molecule has 0 aromatic carbocycles. The molecule has 0 saturated carbocycles. The van der Waals surface area contributed by atoms with Gasteiger partial charge in [0.05, 0.1) is 5.69 Å². The smallest absolute Gasteiger partial charge is 0.382 e. The molecule has 15 heavy (non-hydrogen) atoms. The maximum absolute atomic E-state index is 12.6. The predicted molar refractivity (Wildman–Crippen MR) is 49.3 cm³/mol. The molecular formula is C9H12F3N3. The molecule has 0 fully saturated rings. The van der Waals surface area contributed by atoms with Crippen LogP contribution in [-0.4, -0.2) is 9.55 Å². The minimum Gasteiger partial charge on any atom is -0.382 e. The van der Waals surface area contributed by atoms with Crippen molar-refractivity contribution in [2.75, 3.05) is 5.73 Å². The average Bonchev–Trinajstić information content (AvgIpc) is 2.45. The molecule has 0 amide bonds. The van der Waals surface area contributed by atoms with Crippen LogP contribution in [0, 0.1) is 0 Å². The van der Waals surface area contributed by atoms with Crippen LogP contribution >= 0.6 is 0 Å². The lowest BCUT2D eigenvalue weighted by Gasteiger charge is -2.24. The van der Waals surface area contributed by atoms with Gasteiger partial charge in [0.1, 0.15) is 5.82 Å². The topological polar surface area (TPSA) is 43.8 Å². The maximum Gasteiger partial charge on any atom is 0.449 e. The molecule has 6 heteroatoms. The standard InChI is InChI=1S/C9H12F3N3/c1-5-3-2-4-6-7(13)14-8(15(5)6)9(10,11)12/h5H,2-4,13H2,1H3. The Kier molecular flexibility index (Phi) is 2.17. The van der Waals surface area contributed by atoms with E-state index in [-0.39, 0.29) is 11.9 Å². The first-order valence-corrected chi connectivity index (χ1v) is 4.85. The Labute approximate surface area is 85.1 Å². The largest absolute Gasteiger partial charge is 0.449 e. The van der Waals surface area contributed by atoms with E-state index in [1.54, 1.807) is 6.92 Å². The van der Waals surface area contributed by atoms with Crippen molar-refractivity contribution in [2.45, 2.75) is 38.4 Å². The molecule has 1 aliphatic rings. The number of imidazole rings is 1. The number of aromatic nitrogens is 2. The van der Waals surface area contributed by atoms with Crippen LogP contribution in [0.3, 0.4) is 0 Å². The van der Waals surface area contributed by atoms with E-state index < -0.39 is 12.0 Å². The molecule has 84 valence electrons. The van der Waals surface area contributed by atoms with Crippen LogP contribution in [0.1, 0.15) is 37.3 Å². The second-order valence-corrected chi connectivity index (χ2v) is 3.88.